The summed E-state index contributed by atoms with van der Waals surface area (Å²) in [6, 6.07) is 0. The fourth-order valence-corrected chi connectivity index (χ4v) is 0.305. The fourth-order valence-electron chi connectivity index (χ4n) is 0.305. The predicted octanol–water partition coefficient (Wildman–Crippen LogP) is -0.544. The van der Waals surface area contributed by atoms with Crippen molar-refractivity contribution in [2.24, 2.45) is 10.2 Å². The maximum atomic E-state index is 3.74. The third kappa shape index (κ3) is 0.887. The first kappa shape index (κ1) is 4.11. The molecule has 1 aliphatic rings. The van der Waals surface area contributed by atoms with Gasteiger partial charge in [-0.25, -0.2) is 0 Å². The zero-order valence-electron chi connectivity index (χ0n) is 3.97. The van der Waals surface area contributed by atoms with Crippen LogP contribution in [-0.4, -0.2) is 12.2 Å². The molecule has 0 amide bonds. The van der Waals surface area contributed by atoms with Gasteiger partial charge in [-0.2, -0.15) is 10.2 Å². The smallest absolute Gasteiger partial charge is 0.139 e. The average molecular weight is 98.1 g/mol. The first-order chi connectivity index (χ1) is 3.39. The van der Waals surface area contributed by atoms with Gasteiger partial charge >= 0.3 is 0 Å². The first-order valence-electron chi connectivity index (χ1n) is 1.97. The molecule has 0 bridgehead atoms. The first-order valence-corrected chi connectivity index (χ1v) is 1.97. The number of hydrazone groups is 2. The quantitative estimate of drug-likeness (QED) is 0.427. The van der Waals surface area contributed by atoms with Gasteiger partial charge in [-0.1, -0.05) is 0 Å². The molecule has 4 heteroatoms. The van der Waals surface area contributed by atoms with Crippen LogP contribution < -0.4 is 10.9 Å². The fraction of sp³-hybridized carbons (Fsp3) is 0.333. The molecule has 0 aromatic rings. The van der Waals surface area contributed by atoms with Crippen LogP contribution in [0.5, 0.6) is 0 Å². The highest BCUT2D eigenvalue weighted by Crippen LogP contribution is 1.70. The van der Waals surface area contributed by atoms with Crippen LogP contribution in [0.4, 0.5) is 0 Å². The second-order valence-corrected chi connectivity index (χ2v) is 1.20. The van der Waals surface area contributed by atoms with E-state index in [9.17, 15) is 0 Å². The van der Waals surface area contributed by atoms with Crippen LogP contribution in [-0.2, 0) is 0 Å². The van der Waals surface area contributed by atoms with Crippen molar-refractivity contribution in [3.8, 4) is 0 Å². The van der Waals surface area contributed by atoms with Crippen molar-refractivity contribution in [1.29, 1.82) is 0 Å². The highest BCUT2D eigenvalue weighted by Gasteiger charge is 1.86. The van der Waals surface area contributed by atoms with Gasteiger partial charge < -0.3 is 0 Å². The van der Waals surface area contributed by atoms with E-state index in [1.54, 1.807) is 0 Å². The molecule has 0 aromatic heterocycles. The molecular formula is C3H6N4. The van der Waals surface area contributed by atoms with Crippen LogP contribution in [0.1, 0.15) is 6.92 Å². The van der Waals surface area contributed by atoms with Crippen LogP contribution in [0.2, 0.25) is 0 Å². The average Bonchev–Trinajstić information content (AvgIpc) is 1.69. The molecule has 0 spiro atoms. The number of amidine groups is 1. The van der Waals surface area contributed by atoms with E-state index in [0.717, 1.165) is 5.84 Å². The molecule has 1 aliphatic heterocycles. The topological polar surface area (TPSA) is 48.8 Å². The molecule has 2 N–H and O–H groups in total. The molecule has 38 valence electrons. The van der Waals surface area contributed by atoms with Gasteiger partial charge in [-0.05, 0) is 6.92 Å². The lowest BCUT2D eigenvalue weighted by atomic mass is 10.7. The van der Waals surface area contributed by atoms with E-state index in [1.807, 2.05) is 6.92 Å². The summed E-state index contributed by atoms with van der Waals surface area (Å²) in [6.07, 6.45) is 1.48. The second-order valence-electron chi connectivity index (χ2n) is 1.20. The Morgan fingerprint density at radius 3 is 2.86 bits per heavy atom. The normalized spacial score (nSPS) is 17.0. The summed E-state index contributed by atoms with van der Waals surface area (Å²) in [5, 5.41) is 7.38. The summed E-state index contributed by atoms with van der Waals surface area (Å²) in [7, 11) is 0. The molecule has 0 aromatic carbocycles. The van der Waals surface area contributed by atoms with E-state index in [2.05, 4.69) is 21.1 Å². The van der Waals surface area contributed by atoms with Crippen LogP contribution >= 0.6 is 0 Å². The van der Waals surface area contributed by atoms with Crippen LogP contribution in [0.15, 0.2) is 10.2 Å². The van der Waals surface area contributed by atoms with Crippen molar-refractivity contribution in [3.63, 3.8) is 0 Å². The third-order valence-corrected chi connectivity index (χ3v) is 0.581. The van der Waals surface area contributed by atoms with Crippen molar-refractivity contribution >= 4 is 12.2 Å². The van der Waals surface area contributed by atoms with Crippen molar-refractivity contribution in [1.82, 2.24) is 10.9 Å². The molecule has 4 nitrogen and oxygen atoms in total. The second kappa shape index (κ2) is 1.59. The van der Waals surface area contributed by atoms with Gasteiger partial charge in [0.05, 0.1) is 0 Å². The van der Waals surface area contributed by atoms with Gasteiger partial charge in [0, 0.05) is 0 Å². The SMILES string of the molecule is CC1=NNC=NN1. The predicted molar refractivity (Wildman–Crippen MR) is 27.9 cm³/mol. The molecule has 0 unspecified atom stereocenters. The van der Waals surface area contributed by atoms with Crippen LogP contribution in [0.3, 0.4) is 0 Å². The van der Waals surface area contributed by atoms with Crippen molar-refractivity contribution in [2.75, 3.05) is 0 Å². The standard InChI is InChI=1S/C3H6N4/c1-3-6-4-2-5-7-3/h2H,1H3,(H,4,5)(H,6,7). The molecule has 1 heterocycles. The number of nitrogens with zero attached hydrogens (tertiary/aromatic N) is 2. The summed E-state index contributed by atoms with van der Waals surface area (Å²) in [5.41, 5.74) is 5.21. The molecule has 0 aliphatic carbocycles. The van der Waals surface area contributed by atoms with Crippen molar-refractivity contribution in [3.05, 3.63) is 0 Å². The summed E-state index contributed by atoms with van der Waals surface area (Å²) >= 11 is 0. The van der Waals surface area contributed by atoms with Gasteiger partial charge in [-0.3, -0.25) is 10.9 Å². The van der Waals surface area contributed by atoms with E-state index >= 15 is 0 Å². The molecule has 0 saturated carbocycles. The van der Waals surface area contributed by atoms with Crippen molar-refractivity contribution in [2.45, 2.75) is 6.92 Å². The molecule has 0 saturated heterocycles. The lowest BCUT2D eigenvalue weighted by molar-refractivity contribution is 0.899. The Morgan fingerprint density at radius 1 is 1.71 bits per heavy atom. The zero-order valence-corrected chi connectivity index (χ0v) is 3.97. The minimum atomic E-state index is 0.780. The Hall–Kier alpha value is -1.06. The largest absolute Gasteiger partial charge is 0.264 e. The highest BCUT2D eigenvalue weighted by atomic mass is 15.5. The minimum absolute atomic E-state index is 0.780. The number of rotatable bonds is 0. The molecule has 1 rings (SSSR count). The van der Waals surface area contributed by atoms with E-state index in [4.69, 9.17) is 0 Å². The Morgan fingerprint density at radius 2 is 2.57 bits per heavy atom. The highest BCUT2D eigenvalue weighted by molar-refractivity contribution is 5.82. The van der Waals surface area contributed by atoms with Gasteiger partial charge in [0.15, 0.2) is 0 Å². The van der Waals surface area contributed by atoms with Gasteiger partial charge in [-0.15, -0.1) is 0 Å². The number of hydrogen-bond donors (Lipinski definition) is 2. The molecule has 0 radical (unpaired) electrons. The number of hydrogen-bond acceptors (Lipinski definition) is 4. The minimum Gasteiger partial charge on any atom is -0.264 e. The lowest BCUT2D eigenvalue weighted by Crippen LogP contribution is -2.23. The Labute approximate surface area is 41.3 Å². The van der Waals surface area contributed by atoms with Gasteiger partial charge in [0.25, 0.3) is 0 Å². The van der Waals surface area contributed by atoms with E-state index in [0.29, 0.717) is 0 Å². The van der Waals surface area contributed by atoms with E-state index < -0.39 is 0 Å². The molecular weight excluding hydrogens is 92.1 g/mol. The summed E-state index contributed by atoms with van der Waals surface area (Å²) < 4.78 is 0. The van der Waals surface area contributed by atoms with Gasteiger partial charge in [0.1, 0.15) is 12.2 Å². The monoisotopic (exact) mass is 98.1 g/mol. The van der Waals surface area contributed by atoms with Crippen LogP contribution in [0, 0.1) is 0 Å². The molecule has 0 fully saturated rings. The lowest BCUT2D eigenvalue weighted by Gasteiger charge is -2.01. The number of nitrogens with one attached hydrogen (secondary N) is 2. The third-order valence-electron chi connectivity index (χ3n) is 0.581. The van der Waals surface area contributed by atoms with E-state index in [-0.39, 0.29) is 0 Å². The zero-order chi connectivity index (χ0) is 5.11. The maximum Gasteiger partial charge on any atom is 0.139 e. The Kier molecular flexibility index (Phi) is 0.934. The summed E-state index contributed by atoms with van der Waals surface area (Å²) in [5.74, 6) is 0.780. The van der Waals surface area contributed by atoms with Crippen LogP contribution in [0.25, 0.3) is 0 Å². The maximum absolute atomic E-state index is 3.74. The molecule has 0 atom stereocenters. The molecule has 7 heavy (non-hydrogen) atoms. The Balaban J connectivity index is 2.50. The van der Waals surface area contributed by atoms with E-state index in [1.165, 1.54) is 6.34 Å². The van der Waals surface area contributed by atoms with Crippen molar-refractivity contribution < 1.29 is 0 Å². The Bertz CT molecular complexity index is 114. The summed E-state index contributed by atoms with van der Waals surface area (Å²) in [4.78, 5) is 0. The van der Waals surface area contributed by atoms with Gasteiger partial charge in [0.2, 0.25) is 0 Å². The summed E-state index contributed by atoms with van der Waals surface area (Å²) in [6.45, 7) is 1.82.